The van der Waals surface area contributed by atoms with E-state index in [1.807, 2.05) is 0 Å². The van der Waals surface area contributed by atoms with E-state index in [1.165, 1.54) is 30.3 Å². The third-order valence-electron chi connectivity index (χ3n) is 4.03. The van der Waals surface area contributed by atoms with Crippen LogP contribution in [0.2, 0.25) is 0 Å². The summed E-state index contributed by atoms with van der Waals surface area (Å²) in [5.74, 6) is -1.71. The first-order valence-electron chi connectivity index (χ1n) is 7.95. The van der Waals surface area contributed by atoms with Crippen LogP contribution in [0.25, 0.3) is 0 Å². The normalized spacial score (nSPS) is 14.4. The molecule has 0 radical (unpaired) electrons. The van der Waals surface area contributed by atoms with Gasteiger partial charge in [0.2, 0.25) is 15.6 Å². The van der Waals surface area contributed by atoms with Gasteiger partial charge in [-0.1, -0.05) is 29.8 Å². The summed E-state index contributed by atoms with van der Waals surface area (Å²) < 4.78 is 73.0. The first-order chi connectivity index (χ1) is 12.5. The van der Waals surface area contributed by atoms with Crippen molar-refractivity contribution in [1.82, 2.24) is 4.31 Å². The molecule has 0 N–H and O–H groups in total. The minimum absolute atomic E-state index is 0.104. The Morgan fingerprint density at radius 1 is 1.19 bits per heavy atom. The summed E-state index contributed by atoms with van der Waals surface area (Å²) in [6, 6.07) is 5.28. The first-order valence-corrected chi connectivity index (χ1v) is 9.39. The molecule has 0 aliphatic rings. The van der Waals surface area contributed by atoms with E-state index in [9.17, 15) is 26.4 Å². The molecule has 1 atom stereocenters. The van der Waals surface area contributed by atoms with Gasteiger partial charge in [0.05, 0.1) is 12.0 Å². The van der Waals surface area contributed by atoms with Gasteiger partial charge in [0.1, 0.15) is 0 Å². The van der Waals surface area contributed by atoms with E-state index in [4.69, 9.17) is 0 Å². The molecule has 150 valence electrons. The molecule has 1 aromatic carbocycles. The predicted molar refractivity (Wildman–Crippen MR) is 95.5 cm³/mol. The largest absolute Gasteiger partial charge is 0.467 e. The fourth-order valence-corrected chi connectivity index (χ4v) is 4.34. The molecule has 0 saturated heterocycles. The van der Waals surface area contributed by atoms with Crippen LogP contribution in [0.3, 0.4) is 0 Å². The Labute approximate surface area is 157 Å². The Morgan fingerprint density at radius 2 is 1.74 bits per heavy atom. The van der Waals surface area contributed by atoms with Crippen molar-refractivity contribution in [3.05, 3.63) is 55.1 Å². The number of hydrogen-bond donors (Lipinski definition) is 0. The molecule has 27 heavy (non-hydrogen) atoms. The highest BCUT2D eigenvalue weighted by Gasteiger charge is 2.67. The van der Waals surface area contributed by atoms with Crippen molar-refractivity contribution in [2.75, 3.05) is 13.7 Å². The molecule has 0 fully saturated rings. The van der Waals surface area contributed by atoms with Crippen molar-refractivity contribution in [2.24, 2.45) is 0 Å². The van der Waals surface area contributed by atoms with Gasteiger partial charge in [0.15, 0.2) is 0 Å². The lowest BCUT2D eigenvalue weighted by Crippen LogP contribution is -2.65. The summed E-state index contributed by atoms with van der Waals surface area (Å²) in [7, 11) is -3.92. The molecule has 9 heteroatoms. The summed E-state index contributed by atoms with van der Waals surface area (Å²) in [5, 5.41) is 0. The van der Waals surface area contributed by atoms with E-state index in [0.29, 0.717) is 0 Å². The summed E-state index contributed by atoms with van der Waals surface area (Å²) in [6.07, 6.45) is -4.20. The Balaban J connectivity index is 3.77. The molecular weight excluding hydrogens is 383 g/mol. The fraction of sp³-hybridized carbons (Fsp3) is 0.389. The van der Waals surface area contributed by atoms with Crippen LogP contribution in [0.1, 0.15) is 18.4 Å². The second kappa shape index (κ2) is 8.71. The Morgan fingerprint density at radius 3 is 2.15 bits per heavy atom. The number of hydrogen-bond acceptors (Lipinski definition) is 4. The van der Waals surface area contributed by atoms with E-state index in [-0.39, 0.29) is 15.6 Å². The number of alkyl halides is 3. The summed E-state index contributed by atoms with van der Waals surface area (Å²) in [4.78, 5) is 11.9. The number of carbonyl (C=O) groups excluding carboxylic acids is 1. The number of rotatable bonds is 9. The Bertz CT molecular complexity index is 788. The summed E-state index contributed by atoms with van der Waals surface area (Å²) in [6.45, 7) is 7.67. The van der Waals surface area contributed by atoms with Crippen LogP contribution in [-0.4, -0.2) is 44.1 Å². The number of benzene rings is 1. The maximum Gasteiger partial charge on any atom is 0.418 e. The summed E-state index contributed by atoms with van der Waals surface area (Å²) >= 11 is 0. The topological polar surface area (TPSA) is 63.7 Å². The van der Waals surface area contributed by atoms with Crippen molar-refractivity contribution >= 4 is 16.0 Å². The van der Waals surface area contributed by atoms with Crippen LogP contribution >= 0.6 is 0 Å². The molecule has 0 spiro atoms. The maximum atomic E-state index is 14.1. The molecular formula is C18H22F3NO4S. The summed E-state index contributed by atoms with van der Waals surface area (Å²) in [5.41, 5.74) is -2.68. The Kier molecular flexibility index (Phi) is 7.39. The van der Waals surface area contributed by atoms with Gasteiger partial charge in [-0.2, -0.15) is 17.5 Å². The fourth-order valence-electron chi connectivity index (χ4n) is 2.62. The van der Waals surface area contributed by atoms with Crippen LogP contribution in [-0.2, 0) is 19.6 Å². The average molecular weight is 405 g/mol. The number of sulfonamides is 1. The lowest BCUT2D eigenvalue weighted by Gasteiger charge is -2.41. The smallest absolute Gasteiger partial charge is 0.418 e. The molecule has 0 aliphatic heterocycles. The Hall–Kier alpha value is -2.13. The van der Waals surface area contributed by atoms with Crippen LogP contribution in [0, 0.1) is 6.92 Å². The van der Waals surface area contributed by atoms with Crippen LogP contribution in [0.15, 0.2) is 54.5 Å². The van der Waals surface area contributed by atoms with Gasteiger partial charge in [0, 0.05) is 6.54 Å². The van der Waals surface area contributed by atoms with Crippen molar-refractivity contribution in [3.63, 3.8) is 0 Å². The quantitative estimate of drug-likeness (QED) is 0.465. The van der Waals surface area contributed by atoms with Crippen molar-refractivity contribution in [3.8, 4) is 0 Å². The highest BCUT2D eigenvalue weighted by molar-refractivity contribution is 7.89. The van der Waals surface area contributed by atoms with Gasteiger partial charge in [-0.05, 0) is 31.9 Å². The molecule has 0 aliphatic carbocycles. The SMILES string of the molecule is C=CCCC(C(=O)OC)(N(CC=C)S(=O)(=O)c1ccc(C)cc1)C(F)(F)F. The van der Waals surface area contributed by atoms with Gasteiger partial charge < -0.3 is 4.74 Å². The predicted octanol–water partition coefficient (Wildman–Crippen LogP) is 3.61. The molecule has 1 rings (SSSR count). The van der Waals surface area contributed by atoms with E-state index in [1.54, 1.807) is 6.92 Å². The van der Waals surface area contributed by atoms with Gasteiger partial charge in [-0.25, -0.2) is 13.2 Å². The minimum Gasteiger partial charge on any atom is -0.467 e. The van der Waals surface area contributed by atoms with Crippen LogP contribution in [0.5, 0.6) is 0 Å². The molecule has 0 aromatic heterocycles. The van der Waals surface area contributed by atoms with Gasteiger partial charge in [-0.3, -0.25) is 0 Å². The molecule has 0 bridgehead atoms. The number of allylic oxidation sites excluding steroid dienone is 1. The molecule has 0 heterocycles. The number of carbonyl (C=O) groups is 1. The molecule has 0 amide bonds. The lowest BCUT2D eigenvalue weighted by atomic mass is 9.92. The van der Waals surface area contributed by atoms with Crippen molar-refractivity contribution < 1.29 is 31.1 Å². The van der Waals surface area contributed by atoms with Crippen molar-refractivity contribution in [2.45, 2.75) is 36.4 Å². The number of aryl methyl sites for hydroxylation is 1. The van der Waals surface area contributed by atoms with Crippen LogP contribution in [0.4, 0.5) is 13.2 Å². The number of nitrogens with zero attached hydrogens (tertiary/aromatic N) is 1. The second-order valence-electron chi connectivity index (χ2n) is 5.81. The highest BCUT2D eigenvalue weighted by atomic mass is 32.2. The zero-order valence-corrected chi connectivity index (χ0v) is 15.9. The average Bonchev–Trinajstić information content (AvgIpc) is 2.60. The number of ether oxygens (including phenoxy) is 1. The van der Waals surface area contributed by atoms with E-state index in [0.717, 1.165) is 18.7 Å². The number of esters is 1. The zero-order chi connectivity index (χ0) is 20.9. The van der Waals surface area contributed by atoms with Gasteiger partial charge in [0.25, 0.3) is 0 Å². The molecule has 1 aromatic rings. The van der Waals surface area contributed by atoms with E-state index >= 15 is 0 Å². The van der Waals surface area contributed by atoms with Crippen LogP contribution < -0.4 is 0 Å². The van der Waals surface area contributed by atoms with E-state index in [2.05, 4.69) is 17.9 Å². The third-order valence-corrected chi connectivity index (χ3v) is 5.94. The third kappa shape index (κ3) is 4.41. The highest BCUT2D eigenvalue weighted by Crippen LogP contribution is 2.43. The monoisotopic (exact) mass is 405 g/mol. The standard InChI is InChI=1S/C18H22F3NO4S/c1-5-7-12-17(16(23)26-4,18(19,20)21)22(13-6-2)27(24,25)15-10-8-14(3)9-11-15/h5-6,8-11H,1-2,7,12-13H2,3-4H3. The number of methoxy groups -OCH3 is 1. The molecule has 0 saturated carbocycles. The maximum absolute atomic E-state index is 14.1. The minimum atomic E-state index is -5.23. The second-order valence-corrected chi connectivity index (χ2v) is 7.68. The first kappa shape index (κ1) is 22.9. The zero-order valence-electron chi connectivity index (χ0n) is 15.1. The molecule has 5 nitrogen and oxygen atoms in total. The van der Waals surface area contributed by atoms with E-state index < -0.39 is 40.7 Å². The number of halogens is 3. The van der Waals surface area contributed by atoms with Crippen molar-refractivity contribution in [1.29, 1.82) is 0 Å². The lowest BCUT2D eigenvalue weighted by molar-refractivity contribution is -0.228. The van der Waals surface area contributed by atoms with Gasteiger partial charge >= 0.3 is 12.1 Å². The molecule has 1 unspecified atom stereocenters. The van der Waals surface area contributed by atoms with Gasteiger partial charge in [-0.15, -0.1) is 13.2 Å².